The molecule has 8 aliphatic rings. The van der Waals surface area contributed by atoms with Gasteiger partial charge in [-0.2, -0.15) is 0 Å². The molecule has 0 N–H and O–H groups in total. The number of nitrogens with zero attached hydrogens (tertiary/aromatic N) is 2. The van der Waals surface area contributed by atoms with Gasteiger partial charge in [-0.15, -0.1) is 0 Å². The van der Waals surface area contributed by atoms with Gasteiger partial charge in [-0.3, -0.25) is 0 Å². The highest BCUT2D eigenvalue weighted by Crippen LogP contribution is 2.70. The summed E-state index contributed by atoms with van der Waals surface area (Å²) in [4.78, 5) is 5.98. The van der Waals surface area contributed by atoms with E-state index in [0.29, 0.717) is 11.8 Å². The number of hydrogen-bond donors (Lipinski definition) is 0. The third-order valence-corrected chi connectivity index (χ3v) is 19.1. The van der Waals surface area contributed by atoms with Crippen LogP contribution >= 0.6 is 0 Å². The maximum absolute atomic E-state index is 2.99. The predicted octanol–water partition coefficient (Wildman–Crippen LogP) is 11.7. The Bertz CT molecular complexity index is 2340. The van der Waals surface area contributed by atoms with Crippen molar-refractivity contribution in [3.8, 4) is 22.3 Å². The maximum Gasteiger partial charge on any atom is 0.252 e. The average Bonchev–Trinajstić information content (AvgIpc) is 3.62. The summed E-state index contributed by atoms with van der Waals surface area (Å²) in [5, 5.41) is 0. The molecule has 4 aliphatic heterocycles. The van der Waals surface area contributed by atoms with Crippen molar-refractivity contribution in [1.29, 1.82) is 0 Å². The van der Waals surface area contributed by atoms with Crippen LogP contribution in [0.25, 0.3) is 22.3 Å². The fraction of sp³-hybridized carbons (Fsp3) is 0.444. The molecule has 4 fully saturated rings. The zero-order valence-corrected chi connectivity index (χ0v) is 34.6. The van der Waals surface area contributed by atoms with Crippen molar-refractivity contribution >= 4 is 45.9 Å². The molecule has 0 saturated heterocycles. The lowest BCUT2D eigenvalue weighted by Gasteiger charge is -2.60. The summed E-state index contributed by atoms with van der Waals surface area (Å²) in [7, 11) is 0. The molecule has 4 aliphatic carbocycles. The number of benzene rings is 5. The second kappa shape index (κ2) is 11.3. The SMILES string of the molecule is CC12c3c(-c4ccccc4)ccc4c3N(c3cccc5c3B4c3ccc(-c4ccccc4)c4c3N5C3(C)CCC5CCCCC5C43C)C1(C)CCC1CCCCC12. The summed E-state index contributed by atoms with van der Waals surface area (Å²) < 4.78 is 0. The van der Waals surface area contributed by atoms with E-state index in [1.54, 1.807) is 38.9 Å². The smallest absolute Gasteiger partial charge is 0.252 e. The van der Waals surface area contributed by atoms with E-state index in [1.807, 2.05) is 0 Å². The molecule has 0 bridgehead atoms. The van der Waals surface area contributed by atoms with Crippen LogP contribution in [-0.2, 0) is 10.8 Å². The van der Waals surface area contributed by atoms with Crippen molar-refractivity contribution in [2.45, 2.75) is 127 Å². The Morgan fingerprint density at radius 1 is 0.474 bits per heavy atom. The van der Waals surface area contributed by atoms with Crippen molar-refractivity contribution in [3.05, 3.63) is 114 Å². The number of rotatable bonds is 2. The third-order valence-electron chi connectivity index (χ3n) is 19.1. The van der Waals surface area contributed by atoms with E-state index in [0.717, 1.165) is 11.8 Å². The predicted molar refractivity (Wildman–Crippen MR) is 240 cm³/mol. The zero-order valence-electron chi connectivity index (χ0n) is 34.6. The molecule has 0 spiro atoms. The van der Waals surface area contributed by atoms with Crippen molar-refractivity contribution in [2.24, 2.45) is 23.7 Å². The van der Waals surface area contributed by atoms with Gasteiger partial charge in [0, 0.05) is 33.6 Å². The molecule has 8 atom stereocenters. The molecule has 0 radical (unpaired) electrons. The van der Waals surface area contributed by atoms with Gasteiger partial charge in [0.25, 0.3) is 6.71 Å². The van der Waals surface area contributed by atoms with Gasteiger partial charge in [0.15, 0.2) is 0 Å². The van der Waals surface area contributed by atoms with Gasteiger partial charge in [-0.05, 0) is 138 Å². The molecule has 4 heterocycles. The molecule has 5 aromatic carbocycles. The Morgan fingerprint density at radius 2 is 0.912 bits per heavy atom. The van der Waals surface area contributed by atoms with E-state index in [2.05, 4.69) is 141 Å². The molecule has 3 heteroatoms. The Morgan fingerprint density at radius 3 is 1.37 bits per heavy atom. The van der Waals surface area contributed by atoms with Gasteiger partial charge in [0.1, 0.15) is 0 Å². The summed E-state index contributed by atoms with van der Waals surface area (Å²) in [6, 6.07) is 40.9. The Balaban J connectivity index is 1.14. The molecule has 13 rings (SSSR count). The highest BCUT2D eigenvalue weighted by Gasteiger charge is 2.69. The quantitative estimate of drug-likeness (QED) is 0.166. The first-order valence-corrected chi connectivity index (χ1v) is 23.0. The highest BCUT2D eigenvalue weighted by molar-refractivity contribution is 7.00. The lowest BCUT2D eigenvalue weighted by Crippen LogP contribution is -2.68. The average molecular weight is 745 g/mol. The van der Waals surface area contributed by atoms with Crippen LogP contribution in [-0.4, -0.2) is 17.8 Å². The monoisotopic (exact) mass is 744 g/mol. The van der Waals surface area contributed by atoms with Gasteiger partial charge >= 0.3 is 0 Å². The van der Waals surface area contributed by atoms with E-state index in [9.17, 15) is 0 Å². The topological polar surface area (TPSA) is 6.48 Å². The minimum Gasteiger partial charge on any atom is -0.335 e. The molecule has 0 aromatic heterocycles. The first-order chi connectivity index (χ1) is 27.8. The molecule has 57 heavy (non-hydrogen) atoms. The van der Waals surface area contributed by atoms with Crippen LogP contribution in [0.15, 0.2) is 103 Å². The van der Waals surface area contributed by atoms with Gasteiger partial charge in [0.05, 0.1) is 11.1 Å². The number of hydrogen-bond acceptors (Lipinski definition) is 2. The van der Waals surface area contributed by atoms with Crippen molar-refractivity contribution in [1.82, 2.24) is 0 Å². The van der Waals surface area contributed by atoms with E-state index in [1.165, 1.54) is 111 Å². The minimum absolute atomic E-state index is 0.000244. The molecule has 0 amide bonds. The highest BCUT2D eigenvalue weighted by atomic mass is 15.3. The first-order valence-electron chi connectivity index (χ1n) is 23.0. The van der Waals surface area contributed by atoms with E-state index < -0.39 is 0 Å². The summed E-state index contributed by atoms with van der Waals surface area (Å²) in [5.74, 6) is 3.05. The maximum atomic E-state index is 2.99. The Labute approximate surface area is 341 Å². The van der Waals surface area contributed by atoms with Crippen molar-refractivity contribution in [2.75, 3.05) is 9.80 Å². The summed E-state index contributed by atoms with van der Waals surface area (Å²) in [6.45, 7) is 11.1. The second-order valence-electron chi connectivity index (χ2n) is 20.7. The van der Waals surface area contributed by atoms with Crippen LogP contribution < -0.4 is 26.2 Å². The molecular weight excluding hydrogens is 687 g/mol. The molecular formula is C54H57BN2. The molecule has 2 nitrogen and oxygen atoms in total. The fourth-order valence-corrected chi connectivity index (χ4v) is 16.4. The van der Waals surface area contributed by atoms with Gasteiger partial charge in [-0.1, -0.05) is 143 Å². The van der Waals surface area contributed by atoms with Gasteiger partial charge in [-0.25, -0.2) is 0 Å². The summed E-state index contributed by atoms with van der Waals surface area (Å²) >= 11 is 0. The van der Waals surface area contributed by atoms with Crippen LogP contribution in [0, 0.1) is 23.7 Å². The summed E-state index contributed by atoms with van der Waals surface area (Å²) in [6.07, 6.45) is 16.3. The van der Waals surface area contributed by atoms with Crippen molar-refractivity contribution in [3.63, 3.8) is 0 Å². The standard InChI is InChI=1S/C54H57BN2/c1-51-32-30-36-20-11-13-22-40(36)53(51,3)46-38(34-16-7-5-8-17-34)26-28-42-49(46)56(51)44-24-15-25-45-48(44)55(42)43-29-27-39(35-18-9-6-10-19-35)47-50(43)57(45)52(2)33-31-37-21-12-14-23-41(37)54(47,52)4/h5-10,15-19,24-29,36-37,40-41H,11-14,20-23,30-33H2,1-4H3. The van der Waals surface area contributed by atoms with Crippen LogP contribution in [0.1, 0.15) is 116 Å². The Kier molecular flexibility index (Phi) is 6.67. The largest absolute Gasteiger partial charge is 0.335 e. The van der Waals surface area contributed by atoms with Crippen LogP contribution in [0.4, 0.5) is 22.7 Å². The van der Waals surface area contributed by atoms with Crippen LogP contribution in [0.3, 0.4) is 0 Å². The first kappa shape index (κ1) is 33.7. The van der Waals surface area contributed by atoms with Crippen LogP contribution in [0.5, 0.6) is 0 Å². The normalized spacial score (nSPS) is 34.7. The van der Waals surface area contributed by atoms with Gasteiger partial charge < -0.3 is 9.80 Å². The second-order valence-corrected chi connectivity index (χ2v) is 20.7. The summed E-state index contributed by atoms with van der Waals surface area (Å²) in [5.41, 5.74) is 20.0. The number of anilines is 4. The van der Waals surface area contributed by atoms with Gasteiger partial charge in [0.2, 0.25) is 0 Å². The lowest BCUT2D eigenvalue weighted by molar-refractivity contribution is 0.0321. The van der Waals surface area contributed by atoms with Crippen molar-refractivity contribution < 1.29 is 0 Å². The van der Waals surface area contributed by atoms with E-state index in [4.69, 9.17) is 0 Å². The van der Waals surface area contributed by atoms with Crippen LogP contribution in [0.2, 0.25) is 0 Å². The molecule has 4 saturated carbocycles. The van der Waals surface area contributed by atoms with E-state index in [-0.39, 0.29) is 28.6 Å². The zero-order chi connectivity index (χ0) is 38.1. The van der Waals surface area contributed by atoms with E-state index >= 15 is 0 Å². The third kappa shape index (κ3) is 3.80. The fourth-order valence-electron chi connectivity index (χ4n) is 16.4. The lowest BCUT2D eigenvalue weighted by atomic mass is 9.33. The number of fused-ring (bicyclic) bond motifs is 14. The molecule has 8 unspecified atom stereocenters. The Hall–Kier alpha value is -4.24. The molecule has 5 aromatic rings. The minimum atomic E-state index is -0.000244. The molecule has 286 valence electrons.